The molecule has 2 aromatic heterocycles. The Morgan fingerprint density at radius 1 is 1.18 bits per heavy atom. The first-order valence-corrected chi connectivity index (χ1v) is 10.4. The third kappa shape index (κ3) is 5.36. The highest BCUT2D eigenvalue weighted by molar-refractivity contribution is 6.29. The van der Waals surface area contributed by atoms with Gasteiger partial charge in [-0.15, -0.1) is 0 Å². The highest BCUT2D eigenvalue weighted by Gasteiger charge is 2.17. The summed E-state index contributed by atoms with van der Waals surface area (Å²) in [5, 5.41) is 18.8. The molecule has 2 heterocycles. The number of aromatic nitrogens is 3. The second-order valence-electron chi connectivity index (χ2n) is 7.05. The van der Waals surface area contributed by atoms with Crippen LogP contribution in [0.25, 0.3) is 11.3 Å². The van der Waals surface area contributed by atoms with Crippen LogP contribution in [0.2, 0.25) is 5.15 Å². The van der Waals surface area contributed by atoms with Crippen molar-refractivity contribution in [2.45, 2.75) is 6.54 Å². The second kappa shape index (κ2) is 9.97. The molecule has 4 aromatic rings. The number of pyridine rings is 1. The molecular formula is C24H20ClN5O3. The van der Waals surface area contributed by atoms with Gasteiger partial charge in [0.15, 0.2) is 0 Å². The molecule has 0 aliphatic carbocycles. The van der Waals surface area contributed by atoms with E-state index in [-0.39, 0.29) is 5.75 Å². The smallest absolute Gasteiger partial charge is 0.289 e. The minimum atomic E-state index is -0.448. The lowest BCUT2D eigenvalue weighted by Gasteiger charge is -2.06. The number of aromatic hydroxyl groups is 1. The van der Waals surface area contributed by atoms with Crippen molar-refractivity contribution < 1.29 is 14.6 Å². The van der Waals surface area contributed by atoms with Crippen LogP contribution >= 0.6 is 11.6 Å². The predicted molar refractivity (Wildman–Crippen MR) is 126 cm³/mol. The van der Waals surface area contributed by atoms with E-state index in [0.717, 1.165) is 16.9 Å². The number of phenolic OH excluding ortho intramolecular Hbond substituents is 1. The normalized spacial score (nSPS) is 11.0. The molecule has 0 fully saturated rings. The molecule has 0 spiro atoms. The Balaban J connectivity index is 1.62. The molecule has 0 bridgehead atoms. The number of amides is 1. The summed E-state index contributed by atoms with van der Waals surface area (Å²) >= 11 is 5.88. The fourth-order valence-electron chi connectivity index (χ4n) is 3.11. The summed E-state index contributed by atoms with van der Waals surface area (Å²) in [4.78, 5) is 17.0. The van der Waals surface area contributed by atoms with E-state index in [1.807, 2.05) is 30.3 Å². The molecule has 2 N–H and O–H groups in total. The molecule has 1 amide bonds. The number of para-hydroxylation sites is 1. The molecule has 0 saturated carbocycles. The number of nitrogens with one attached hydrogen (secondary N) is 1. The molecule has 0 radical (unpaired) electrons. The zero-order valence-corrected chi connectivity index (χ0v) is 18.4. The number of rotatable bonds is 7. The Hall–Kier alpha value is -4.17. The van der Waals surface area contributed by atoms with Crippen molar-refractivity contribution in [3.63, 3.8) is 0 Å². The molecule has 0 unspecified atom stereocenters. The molecular weight excluding hydrogens is 442 g/mol. The molecule has 33 heavy (non-hydrogen) atoms. The van der Waals surface area contributed by atoms with Crippen molar-refractivity contribution in [3.05, 3.63) is 94.9 Å². The zero-order chi connectivity index (χ0) is 23.2. The van der Waals surface area contributed by atoms with Crippen LogP contribution in [0.5, 0.6) is 11.5 Å². The number of ether oxygens (including phenoxy) is 1. The lowest BCUT2D eigenvalue weighted by molar-refractivity contribution is 0.0945. The van der Waals surface area contributed by atoms with Crippen LogP contribution in [0, 0.1) is 0 Å². The van der Waals surface area contributed by atoms with E-state index in [4.69, 9.17) is 16.3 Å². The lowest BCUT2D eigenvalue weighted by atomic mass is 10.1. The van der Waals surface area contributed by atoms with Crippen molar-refractivity contribution in [2.75, 3.05) is 7.11 Å². The lowest BCUT2D eigenvalue weighted by Crippen LogP contribution is -2.22. The van der Waals surface area contributed by atoms with Gasteiger partial charge in [-0.1, -0.05) is 29.8 Å². The van der Waals surface area contributed by atoms with Gasteiger partial charge >= 0.3 is 0 Å². The number of methoxy groups -OCH3 is 1. The molecule has 4 rings (SSSR count). The topological polar surface area (TPSA) is 102 Å². The Bertz CT molecular complexity index is 1280. The minimum Gasteiger partial charge on any atom is -0.507 e. The van der Waals surface area contributed by atoms with E-state index < -0.39 is 5.91 Å². The number of halogens is 1. The number of hydrogen-bond acceptors (Lipinski definition) is 6. The first-order valence-electron chi connectivity index (χ1n) is 9.97. The largest absolute Gasteiger partial charge is 0.507 e. The number of hydrogen-bond donors (Lipinski definition) is 2. The quantitative estimate of drug-likeness (QED) is 0.245. The highest BCUT2D eigenvalue weighted by Crippen LogP contribution is 2.23. The fourth-order valence-corrected chi connectivity index (χ4v) is 3.22. The van der Waals surface area contributed by atoms with Crippen molar-refractivity contribution >= 4 is 23.7 Å². The van der Waals surface area contributed by atoms with Gasteiger partial charge in [-0.05, 0) is 54.1 Å². The number of carbonyl (C=O) groups is 1. The number of benzene rings is 2. The third-order valence-corrected chi connectivity index (χ3v) is 5.05. The van der Waals surface area contributed by atoms with Gasteiger partial charge in [0.05, 0.1) is 25.6 Å². The number of carbonyl (C=O) groups excluding carboxylic acids is 1. The summed E-state index contributed by atoms with van der Waals surface area (Å²) < 4.78 is 6.79. The summed E-state index contributed by atoms with van der Waals surface area (Å²) in [6, 6.07) is 19.3. The van der Waals surface area contributed by atoms with E-state index in [1.165, 1.54) is 6.21 Å². The van der Waals surface area contributed by atoms with Gasteiger partial charge in [0.25, 0.3) is 5.91 Å². The van der Waals surface area contributed by atoms with E-state index in [1.54, 1.807) is 54.4 Å². The van der Waals surface area contributed by atoms with Gasteiger partial charge in [0.1, 0.15) is 22.3 Å². The van der Waals surface area contributed by atoms with Crippen LogP contribution in [0.1, 0.15) is 21.6 Å². The Kier molecular flexibility index (Phi) is 6.66. The molecule has 166 valence electrons. The first-order chi connectivity index (χ1) is 16.0. The molecule has 0 atom stereocenters. The predicted octanol–water partition coefficient (Wildman–Crippen LogP) is 4.12. The molecule has 2 aromatic carbocycles. The van der Waals surface area contributed by atoms with Crippen LogP contribution in [-0.2, 0) is 6.54 Å². The van der Waals surface area contributed by atoms with Gasteiger partial charge < -0.3 is 9.84 Å². The summed E-state index contributed by atoms with van der Waals surface area (Å²) in [6.45, 7) is 0.312. The Labute approximate surface area is 195 Å². The number of phenols is 1. The van der Waals surface area contributed by atoms with Gasteiger partial charge in [0.2, 0.25) is 0 Å². The van der Waals surface area contributed by atoms with Crippen molar-refractivity contribution in [3.8, 4) is 22.8 Å². The van der Waals surface area contributed by atoms with E-state index in [0.29, 0.717) is 28.6 Å². The van der Waals surface area contributed by atoms with Gasteiger partial charge in [-0.2, -0.15) is 10.2 Å². The molecule has 9 heteroatoms. The molecule has 0 saturated heterocycles. The fraction of sp³-hybridized carbons (Fsp3) is 0.0833. The third-order valence-electron chi connectivity index (χ3n) is 4.83. The van der Waals surface area contributed by atoms with Crippen molar-refractivity contribution in [1.29, 1.82) is 0 Å². The summed E-state index contributed by atoms with van der Waals surface area (Å²) in [7, 11) is 1.60. The average Bonchev–Trinajstić information content (AvgIpc) is 3.25. The standard InChI is InChI=1S/C24H20ClN5O3/c1-33-19-9-7-17(8-10-19)20-12-21(30(29-20)15-16-6-11-23(25)26-13-16)24(32)28-27-14-18-4-2-3-5-22(18)31/h2-14,31H,15H2,1H3,(H,28,32)/b27-14+. The van der Waals surface area contributed by atoms with Crippen LogP contribution in [0.15, 0.2) is 78.0 Å². The van der Waals surface area contributed by atoms with E-state index in [2.05, 4.69) is 20.6 Å². The Morgan fingerprint density at radius 3 is 2.67 bits per heavy atom. The van der Waals surface area contributed by atoms with Crippen LogP contribution in [0.4, 0.5) is 0 Å². The SMILES string of the molecule is COc1ccc(-c2cc(C(=O)N/N=C/c3ccccc3O)n(Cc3ccc(Cl)nc3)n2)cc1. The van der Waals surface area contributed by atoms with Gasteiger partial charge in [-0.3, -0.25) is 9.48 Å². The van der Waals surface area contributed by atoms with E-state index >= 15 is 0 Å². The monoisotopic (exact) mass is 461 g/mol. The summed E-state index contributed by atoms with van der Waals surface area (Å²) in [5.74, 6) is 0.343. The van der Waals surface area contributed by atoms with Crippen LogP contribution < -0.4 is 10.2 Å². The molecule has 0 aliphatic rings. The second-order valence-corrected chi connectivity index (χ2v) is 7.44. The maximum atomic E-state index is 12.9. The summed E-state index contributed by atoms with van der Waals surface area (Å²) in [6.07, 6.45) is 3.01. The Morgan fingerprint density at radius 2 is 1.97 bits per heavy atom. The number of nitrogens with zero attached hydrogens (tertiary/aromatic N) is 4. The van der Waals surface area contributed by atoms with Crippen molar-refractivity contribution in [2.24, 2.45) is 5.10 Å². The maximum absolute atomic E-state index is 12.9. The zero-order valence-electron chi connectivity index (χ0n) is 17.6. The van der Waals surface area contributed by atoms with Gasteiger partial charge in [0, 0.05) is 17.3 Å². The first kappa shape index (κ1) is 22.0. The van der Waals surface area contributed by atoms with Crippen molar-refractivity contribution in [1.82, 2.24) is 20.2 Å². The van der Waals surface area contributed by atoms with Crippen LogP contribution in [-0.4, -0.2) is 39.1 Å². The van der Waals surface area contributed by atoms with Gasteiger partial charge in [-0.25, -0.2) is 10.4 Å². The molecule has 8 nitrogen and oxygen atoms in total. The maximum Gasteiger partial charge on any atom is 0.289 e. The summed E-state index contributed by atoms with van der Waals surface area (Å²) in [5.41, 5.74) is 5.57. The number of hydrazone groups is 1. The molecule has 0 aliphatic heterocycles. The minimum absolute atomic E-state index is 0.0672. The van der Waals surface area contributed by atoms with Crippen LogP contribution in [0.3, 0.4) is 0 Å². The average molecular weight is 462 g/mol. The highest BCUT2D eigenvalue weighted by atomic mass is 35.5. The van der Waals surface area contributed by atoms with E-state index in [9.17, 15) is 9.90 Å².